The van der Waals surface area contributed by atoms with Gasteiger partial charge in [-0.05, 0) is 47.6 Å². The van der Waals surface area contributed by atoms with Crippen LogP contribution in [-0.2, 0) is 6.54 Å². The first-order valence-corrected chi connectivity index (χ1v) is 7.39. The van der Waals surface area contributed by atoms with Crippen molar-refractivity contribution in [2.75, 3.05) is 18.0 Å². The number of hydrogen-bond acceptors (Lipinski definition) is 4. The van der Waals surface area contributed by atoms with Crippen molar-refractivity contribution < 1.29 is 9.50 Å². The van der Waals surface area contributed by atoms with Crippen LogP contribution in [0.25, 0.3) is 0 Å². The largest absolute Gasteiger partial charge is 0.389 e. The summed E-state index contributed by atoms with van der Waals surface area (Å²) in [5.41, 5.74) is -0.388. The van der Waals surface area contributed by atoms with Gasteiger partial charge in [-0.15, -0.1) is 0 Å². The second-order valence-electron chi connectivity index (χ2n) is 7.04. The summed E-state index contributed by atoms with van der Waals surface area (Å²) < 4.78 is 14.6. The fraction of sp³-hybridized carbons (Fsp3) is 0.688. The van der Waals surface area contributed by atoms with Crippen LogP contribution in [0.2, 0.25) is 0 Å². The van der Waals surface area contributed by atoms with Gasteiger partial charge in [-0.25, -0.2) is 9.37 Å². The molecule has 5 heteroatoms. The summed E-state index contributed by atoms with van der Waals surface area (Å²) >= 11 is 0. The highest BCUT2D eigenvalue weighted by Crippen LogP contribution is 2.21. The van der Waals surface area contributed by atoms with Crippen molar-refractivity contribution in [1.29, 1.82) is 0 Å². The van der Waals surface area contributed by atoms with Crippen LogP contribution in [0.15, 0.2) is 12.3 Å². The van der Waals surface area contributed by atoms with Crippen LogP contribution in [0.3, 0.4) is 0 Å². The second kappa shape index (κ2) is 6.71. The first-order chi connectivity index (χ1) is 9.53. The highest BCUT2D eigenvalue weighted by Gasteiger charge is 2.22. The molecule has 0 aromatic carbocycles. The minimum Gasteiger partial charge on any atom is -0.389 e. The topological polar surface area (TPSA) is 48.4 Å². The van der Waals surface area contributed by atoms with Gasteiger partial charge < -0.3 is 15.3 Å². The fourth-order valence-corrected chi connectivity index (χ4v) is 1.99. The van der Waals surface area contributed by atoms with E-state index in [1.54, 1.807) is 31.0 Å². The third-order valence-corrected chi connectivity index (χ3v) is 3.02. The number of anilines is 1. The monoisotopic (exact) mass is 297 g/mol. The molecule has 0 spiro atoms. The Morgan fingerprint density at radius 3 is 2.38 bits per heavy atom. The van der Waals surface area contributed by atoms with E-state index in [-0.39, 0.29) is 11.4 Å². The lowest BCUT2D eigenvalue weighted by Gasteiger charge is -2.29. The van der Waals surface area contributed by atoms with Gasteiger partial charge >= 0.3 is 0 Å². The van der Waals surface area contributed by atoms with Crippen LogP contribution in [0.1, 0.15) is 47.1 Å². The lowest BCUT2D eigenvalue weighted by Crippen LogP contribution is -2.40. The molecule has 0 aliphatic rings. The molecular formula is C16H28FN3O. The number of pyridine rings is 1. The standard InChI is InChI=1S/C16H28FN3O/c1-7-20(11-16(5,6)21)14-13(17)12(8-9-18-14)10-19-15(2,3)4/h8-9,19,21H,7,10-11H2,1-6H3. The SMILES string of the molecule is CCN(CC(C)(C)O)c1nccc(CNC(C)(C)C)c1F. The van der Waals surface area contributed by atoms with Crippen molar-refractivity contribution >= 4 is 5.82 Å². The highest BCUT2D eigenvalue weighted by atomic mass is 19.1. The fourth-order valence-electron chi connectivity index (χ4n) is 1.99. The summed E-state index contributed by atoms with van der Waals surface area (Å²) in [6.07, 6.45) is 1.62. The summed E-state index contributed by atoms with van der Waals surface area (Å²) in [7, 11) is 0. The Morgan fingerprint density at radius 1 is 1.29 bits per heavy atom. The molecule has 0 unspecified atom stereocenters. The van der Waals surface area contributed by atoms with Crippen molar-refractivity contribution in [2.45, 2.75) is 59.2 Å². The van der Waals surface area contributed by atoms with Crippen molar-refractivity contribution in [3.05, 3.63) is 23.6 Å². The quantitative estimate of drug-likeness (QED) is 0.847. The van der Waals surface area contributed by atoms with Gasteiger partial charge in [-0.1, -0.05) is 0 Å². The number of aromatic nitrogens is 1. The van der Waals surface area contributed by atoms with Gasteiger partial charge in [0.1, 0.15) is 0 Å². The first kappa shape index (κ1) is 17.9. The molecule has 0 saturated carbocycles. The van der Waals surface area contributed by atoms with Gasteiger partial charge in [-0.2, -0.15) is 0 Å². The van der Waals surface area contributed by atoms with Crippen molar-refractivity contribution in [3.63, 3.8) is 0 Å². The third-order valence-electron chi connectivity index (χ3n) is 3.02. The molecule has 1 aromatic heterocycles. The van der Waals surface area contributed by atoms with Crippen LogP contribution in [0.4, 0.5) is 10.2 Å². The number of nitrogens with one attached hydrogen (secondary N) is 1. The molecule has 1 heterocycles. The highest BCUT2D eigenvalue weighted by molar-refractivity contribution is 5.43. The smallest absolute Gasteiger partial charge is 0.170 e. The second-order valence-corrected chi connectivity index (χ2v) is 7.04. The van der Waals surface area contributed by atoms with E-state index < -0.39 is 5.60 Å². The number of halogens is 1. The molecule has 2 N–H and O–H groups in total. The summed E-state index contributed by atoms with van der Waals surface area (Å²) in [6.45, 7) is 12.8. The molecule has 0 aliphatic heterocycles. The molecule has 0 atom stereocenters. The Kier molecular flexibility index (Phi) is 5.70. The molecule has 0 amide bonds. The van der Waals surface area contributed by atoms with Crippen LogP contribution in [0, 0.1) is 5.82 Å². The lowest BCUT2D eigenvalue weighted by molar-refractivity contribution is 0.0872. The maximum absolute atomic E-state index is 14.6. The maximum atomic E-state index is 14.6. The lowest BCUT2D eigenvalue weighted by atomic mass is 10.1. The molecule has 4 nitrogen and oxygen atoms in total. The van der Waals surface area contributed by atoms with E-state index in [0.717, 1.165) is 0 Å². The van der Waals surface area contributed by atoms with Gasteiger partial charge in [0, 0.05) is 36.9 Å². The van der Waals surface area contributed by atoms with Crippen LogP contribution in [0.5, 0.6) is 0 Å². The van der Waals surface area contributed by atoms with E-state index in [4.69, 9.17) is 0 Å². The predicted molar refractivity (Wildman–Crippen MR) is 85.0 cm³/mol. The molecule has 120 valence electrons. The van der Waals surface area contributed by atoms with Crippen LogP contribution >= 0.6 is 0 Å². The average molecular weight is 297 g/mol. The van der Waals surface area contributed by atoms with E-state index in [0.29, 0.717) is 31.0 Å². The molecule has 0 aliphatic carbocycles. The Balaban J connectivity index is 2.98. The zero-order chi connectivity index (χ0) is 16.3. The van der Waals surface area contributed by atoms with Gasteiger partial charge in [0.15, 0.2) is 11.6 Å². The van der Waals surface area contributed by atoms with Crippen molar-refractivity contribution in [1.82, 2.24) is 10.3 Å². The number of rotatable bonds is 6. The van der Waals surface area contributed by atoms with E-state index >= 15 is 0 Å². The van der Waals surface area contributed by atoms with Gasteiger partial charge in [-0.3, -0.25) is 0 Å². The Hall–Kier alpha value is -1.20. The van der Waals surface area contributed by atoms with Gasteiger partial charge in [0.25, 0.3) is 0 Å². The molecule has 0 saturated heterocycles. The number of likely N-dealkylation sites (N-methyl/N-ethyl adjacent to an activating group) is 1. The summed E-state index contributed by atoms with van der Waals surface area (Å²) in [5.74, 6) is -0.0202. The molecule has 1 aromatic rings. The predicted octanol–water partition coefficient (Wildman–Crippen LogP) is 2.71. The first-order valence-electron chi connectivity index (χ1n) is 7.39. The Labute approximate surface area is 127 Å². The van der Waals surface area contributed by atoms with Crippen molar-refractivity contribution in [2.24, 2.45) is 0 Å². The zero-order valence-corrected chi connectivity index (χ0v) is 14.0. The third kappa shape index (κ3) is 5.98. The maximum Gasteiger partial charge on any atom is 0.170 e. The average Bonchev–Trinajstić information content (AvgIpc) is 2.33. The summed E-state index contributed by atoms with van der Waals surface area (Å²) in [6, 6.07) is 1.69. The zero-order valence-electron chi connectivity index (χ0n) is 14.0. The summed E-state index contributed by atoms with van der Waals surface area (Å²) in [4.78, 5) is 5.91. The molecule has 0 bridgehead atoms. The molecule has 21 heavy (non-hydrogen) atoms. The normalized spacial score (nSPS) is 12.6. The molecule has 0 fully saturated rings. The molecular weight excluding hydrogens is 269 g/mol. The van der Waals surface area contributed by atoms with E-state index in [1.807, 2.05) is 27.7 Å². The van der Waals surface area contributed by atoms with E-state index in [1.165, 1.54) is 0 Å². The van der Waals surface area contributed by atoms with Crippen LogP contribution < -0.4 is 10.2 Å². The Bertz CT molecular complexity index is 464. The van der Waals surface area contributed by atoms with Gasteiger partial charge in [0.05, 0.1) is 5.60 Å². The number of hydrogen-bond donors (Lipinski definition) is 2. The molecule has 0 radical (unpaired) electrons. The molecule has 1 rings (SSSR count). The van der Waals surface area contributed by atoms with Crippen LogP contribution in [-0.4, -0.2) is 34.3 Å². The minimum absolute atomic E-state index is 0.0760. The summed E-state index contributed by atoms with van der Waals surface area (Å²) in [5, 5.41) is 13.2. The number of nitrogens with zero attached hydrogens (tertiary/aromatic N) is 2. The van der Waals surface area contributed by atoms with Gasteiger partial charge in [0.2, 0.25) is 0 Å². The van der Waals surface area contributed by atoms with Crippen molar-refractivity contribution in [3.8, 4) is 0 Å². The van der Waals surface area contributed by atoms with E-state index in [9.17, 15) is 9.50 Å². The number of aliphatic hydroxyl groups is 1. The minimum atomic E-state index is -0.899. The van der Waals surface area contributed by atoms with E-state index in [2.05, 4.69) is 10.3 Å². The Morgan fingerprint density at radius 2 is 1.90 bits per heavy atom.